The van der Waals surface area contributed by atoms with E-state index in [9.17, 15) is 18.0 Å². The Kier molecular flexibility index (Phi) is 3.62. The van der Waals surface area contributed by atoms with Crippen molar-refractivity contribution in [2.24, 2.45) is 0 Å². The lowest BCUT2D eigenvalue weighted by atomic mass is 10.1. The van der Waals surface area contributed by atoms with E-state index >= 15 is 0 Å². The first-order chi connectivity index (χ1) is 6.86. The number of Topliss-reactive ketones (excluding diaryl/α,β-unsaturated/α-hetero) is 1. The number of rotatable bonds is 2. The Morgan fingerprint density at radius 3 is 2.33 bits per heavy atom. The van der Waals surface area contributed by atoms with Gasteiger partial charge in [0.1, 0.15) is 0 Å². The zero-order valence-electron chi connectivity index (χ0n) is 7.24. The number of benzene rings is 1. The van der Waals surface area contributed by atoms with Crippen LogP contribution in [0.5, 0.6) is 0 Å². The lowest BCUT2D eigenvalue weighted by Crippen LogP contribution is -2.07. The van der Waals surface area contributed by atoms with E-state index in [-0.39, 0.29) is 16.5 Å². The third-order valence-corrected chi connectivity index (χ3v) is 2.27. The van der Waals surface area contributed by atoms with Crippen LogP contribution >= 0.6 is 23.2 Å². The van der Waals surface area contributed by atoms with Gasteiger partial charge in [-0.3, -0.25) is 4.79 Å². The molecule has 0 unspecified atom stereocenters. The van der Waals surface area contributed by atoms with Crippen molar-refractivity contribution < 1.29 is 18.0 Å². The number of carbonyl (C=O) groups excluding carboxylic acids is 1. The van der Waals surface area contributed by atoms with Gasteiger partial charge >= 0.3 is 6.18 Å². The predicted octanol–water partition coefficient (Wildman–Crippen LogP) is 3.78. The molecule has 0 radical (unpaired) electrons. The van der Waals surface area contributed by atoms with Crippen molar-refractivity contribution in [3.63, 3.8) is 0 Å². The van der Waals surface area contributed by atoms with Crippen molar-refractivity contribution in [1.82, 2.24) is 0 Å². The molecule has 1 aromatic carbocycles. The second kappa shape index (κ2) is 4.41. The molecule has 0 saturated carbocycles. The van der Waals surface area contributed by atoms with Gasteiger partial charge in [-0.25, -0.2) is 0 Å². The highest BCUT2D eigenvalue weighted by Gasteiger charge is 2.31. The summed E-state index contributed by atoms with van der Waals surface area (Å²) in [6, 6.07) is 2.53. The minimum absolute atomic E-state index is 0.000309. The summed E-state index contributed by atoms with van der Waals surface area (Å²) in [7, 11) is 0. The van der Waals surface area contributed by atoms with Crippen molar-refractivity contribution in [3.05, 3.63) is 34.3 Å². The molecule has 0 heterocycles. The van der Waals surface area contributed by atoms with Crippen molar-refractivity contribution in [1.29, 1.82) is 0 Å². The van der Waals surface area contributed by atoms with E-state index in [0.717, 1.165) is 12.1 Å². The Bertz CT molecular complexity index is 387. The summed E-state index contributed by atoms with van der Waals surface area (Å²) in [4.78, 5) is 11.1. The summed E-state index contributed by atoms with van der Waals surface area (Å²) >= 11 is 10.8. The Balaban J connectivity index is 3.15. The van der Waals surface area contributed by atoms with Crippen LogP contribution in [-0.4, -0.2) is 11.7 Å². The van der Waals surface area contributed by atoms with Crippen LogP contribution in [0.25, 0.3) is 0 Å². The molecule has 0 aromatic heterocycles. The average molecular weight is 257 g/mol. The fourth-order valence-corrected chi connectivity index (χ4v) is 1.42. The Hall–Kier alpha value is -0.740. The second-order valence-corrected chi connectivity index (χ2v) is 3.42. The van der Waals surface area contributed by atoms with Crippen LogP contribution in [0.4, 0.5) is 13.2 Å². The zero-order chi connectivity index (χ0) is 11.6. The van der Waals surface area contributed by atoms with Crippen molar-refractivity contribution in [2.45, 2.75) is 6.18 Å². The van der Waals surface area contributed by atoms with E-state index in [4.69, 9.17) is 23.2 Å². The van der Waals surface area contributed by atoms with E-state index in [0.29, 0.717) is 6.07 Å². The molecule has 0 bridgehead atoms. The number of alkyl halides is 4. The van der Waals surface area contributed by atoms with Crippen molar-refractivity contribution in [2.75, 3.05) is 5.88 Å². The highest BCUT2D eigenvalue weighted by molar-refractivity contribution is 6.37. The van der Waals surface area contributed by atoms with E-state index < -0.39 is 17.5 Å². The van der Waals surface area contributed by atoms with Crippen LogP contribution in [0.1, 0.15) is 15.9 Å². The van der Waals surface area contributed by atoms with Crippen LogP contribution < -0.4 is 0 Å². The van der Waals surface area contributed by atoms with Gasteiger partial charge < -0.3 is 0 Å². The van der Waals surface area contributed by atoms with Crippen LogP contribution in [-0.2, 0) is 6.18 Å². The van der Waals surface area contributed by atoms with E-state index in [1.54, 1.807) is 0 Å². The minimum Gasteiger partial charge on any atom is -0.293 e. The molecule has 0 spiro atoms. The van der Waals surface area contributed by atoms with Crippen LogP contribution in [0.3, 0.4) is 0 Å². The summed E-state index contributed by atoms with van der Waals surface area (Å²) < 4.78 is 36.6. The molecule has 1 nitrogen and oxygen atoms in total. The molecule has 0 aliphatic heterocycles. The van der Waals surface area contributed by atoms with Gasteiger partial charge in [-0.2, -0.15) is 13.2 Å². The van der Waals surface area contributed by atoms with Crippen LogP contribution in [0, 0.1) is 0 Å². The summed E-state index contributed by atoms with van der Waals surface area (Å²) in [5, 5.41) is -0.240. The third kappa shape index (κ3) is 2.86. The van der Waals surface area contributed by atoms with Gasteiger partial charge in [0.25, 0.3) is 0 Å². The van der Waals surface area contributed by atoms with Gasteiger partial charge in [0.2, 0.25) is 0 Å². The molecular formula is C9H5Cl2F3O. The first-order valence-corrected chi connectivity index (χ1v) is 4.73. The van der Waals surface area contributed by atoms with Gasteiger partial charge in [0.15, 0.2) is 5.78 Å². The number of halogens is 5. The molecule has 1 aromatic rings. The molecule has 0 fully saturated rings. The van der Waals surface area contributed by atoms with Crippen LogP contribution in [0.2, 0.25) is 5.02 Å². The lowest BCUT2D eigenvalue weighted by molar-refractivity contribution is -0.137. The monoisotopic (exact) mass is 256 g/mol. The molecule has 0 saturated heterocycles. The third-order valence-electron chi connectivity index (χ3n) is 1.72. The van der Waals surface area contributed by atoms with Crippen LogP contribution in [0.15, 0.2) is 18.2 Å². The first-order valence-electron chi connectivity index (χ1n) is 3.82. The zero-order valence-corrected chi connectivity index (χ0v) is 8.75. The number of hydrogen-bond donors (Lipinski definition) is 0. The van der Waals surface area contributed by atoms with Gasteiger partial charge in [-0.05, 0) is 18.2 Å². The van der Waals surface area contributed by atoms with Crippen molar-refractivity contribution in [3.8, 4) is 0 Å². The quantitative estimate of drug-likeness (QED) is 0.582. The maximum Gasteiger partial charge on any atom is 0.416 e. The highest BCUT2D eigenvalue weighted by atomic mass is 35.5. The molecule has 15 heavy (non-hydrogen) atoms. The predicted molar refractivity (Wildman–Crippen MR) is 51.5 cm³/mol. The minimum atomic E-state index is -4.47. The molecule has 0 atom stereocenters. The standard InChI is InChI=1S/C9H5Cl2F3O/c10-4-8(15)6-2-1-5(3-7(6)11)9(12,13)14/h1-3H,4H2. The SMILES string of the molecule is O=C(CCl)c1ccc(C(F)(F)F)cc1Cl. The molecule has 0 aliphatic rings. The maximum absolute atomic E-state index is 12.2. The van der Waals surface area contributed by atoms with Gasteiger partial charge in [-0.15, -0.1) is 11.6 Å². The summed E-state index contributed by atoms with van der Waals surface area (Å²) in [5.41, 5.74) is -0.890. The number of ketones is 1. The van der Waals surface area contributed by atoms with Gasteiger partial charge in [-0.1, -0.05) is 11.6 Å². The highest BCUT2D eigenvalue weighted by Crippen LogP contribution is 2.32. The molecule has 1 rings (SSSR count). The van der Waals surface area contributed by atoms with E-state index in [2.05, 4.69) is 0 Å². The molecule has 0 amide bonds. The molecule has 6 heteroatoms. The fourth-order valence-electron chi connectivity index (χ4n) is 0.990. The lowest BCUT2D eigenvalue weighted by Gasteiger charge is -2.08. The number of hydrogen-bond acceptors (Lipinski definition) is 1. The Morgan fingerprint density at radius 2 is 1.93 bits per heavy atom. The van der Waals surface area contributed by atoms with Crippen molar-refractivity contribution >= 4 is 29.0 Å². The van der Waals surface area contributed by atoms with Gasteiger partial charge in [0, 0.05) is 5.56 Å². The Labute approximate surface area is 93.8 Å². The molecule has 82 valence electrons. The molecular weight excluding hydrogens is 252 g/mol. The largest absolute Gasteiger partial charge is 0.416 e. The van der Waals surface area contributed by atoms with Gasteiger partial charge in [0.05, 0.1) is 16.5 Å². The maximum atomic E-state index is 12.2. The summed E-state index contributed by atoms with van der Waals surface area (Å²) in [6.45, 7) is 0. The summed E-state index contributed by atoms with van der Waals surface area (Å²) in [6.07, 6.45) is -4.47. The summed E-state index contributed by atoms with van der Waals surface area (Å²) in [5.74, 6) is -0.819. The normalized spacial score (nSPS) is 11.5. The first kappa shape index (κ1) is 12.3. The smallest absolute Gasteiger partial charge is 0.293 e. The average Bonchev–Trinajstić information content (AvgIpc) is 2.15. The molecule has 0 aliphatic carbocycles. The topological polar surface area (TPSA) is 17.1 Å². The molecule has 0 N–H and O–H groups in total. The Morgan fingerprint density at radius 1 is 1.33 bits per heavy atom. The van der Waals surface area contributed by atoms with E-state index in [1.807, 2.05) is 0 Å². The second-order valence-electron chi connectivity index (χ2n) is 2.75. The van der Waals surface area contributed by atoms with E-state index in [1.165, 1.54) is 0 Å². The fraction of sp³-hybridized carbons (Fsp3) is 0.222. The number of carbonyl (C=O) groups is 1.